The van der Waals surface area contributed by atoms with E-state index in [1.165, 1.54) is 11.3 Å². The second kappa shape index (κ2) is 7.57. The summed E-state index contributed by atoms with van der Waals surface area (Å²) < 4.78 is 1.78. The van der Waals surface area contributed by atoms with Crippen LogP contribution in [0, 0.1) is 13.8 Å². The summed E-state index contributed by atoms with van der Waals surface area (Å²) in [6.07, 6.45) is 2.02. The molecule has 25 heavy (non-hydrogen) atoms. The average Bonchev–Trinajstić information content (AvgIpc) is 3.18. The summed E-state index contributed by atoms with van der Waals surface area (Å²) in [5.41, 5.74) is 3.29. The van der Waals surface area contributed by atoms with E-state index in [1.54, 1.807) is 4.68 Å². The minimum absolute atomic E-state index is 0.0668. The number of thiazole rings is 1. The van der Waals surface area contributed by atoms with E-state index in [0.717, 1.165) is 34.9 Å². The zero-order chi connectivity index (χ0) is 17.8. The maximum absolute atomic E-state index is 12.3. The molecule has 2 aromatic heterocycles. The Morgan fingerprint density at radius 3 is 2.72 bits per heavy atom. The Kier molecular flexibility index (Phi) is 5.23. The first-order valence-corrected chi connectivity index (χ1v) is 9.17. The first-order chi connectivity index (χ1) is 12.1. The fourth-order valence-corrected chi connectivity index (χ4v) is 3.53. The molecule has 3 rings (SSSR count). The van der Waals surface area contributed by atoms with Crippen molar-refractivity contribution >= 4 is 17.2 Å². The van der Waals surface area contributed by atoms with E-state index >= 15 is 0 Å². The van der Waals surface area contributed by atoms with Crippen LogP contribution in [0.1, 0.15) is 40.8 Å². The molecule has 6 nitrogen and oxygen atoms in total. The van der Waals surface area contributed by atoms with Gasteiger partial charge in [-0.25, -0.2) is 9.67 Å². The smallest absolute Gasteiger partial charge is 0.263 e. The quantitative estimate of drug-likeness (QED) is 0.687. The van der Waals surface area contributed by atoms with Gasteiger partial charge < -0.3 is 5.32 Å². The van der Waals surface area contributed by atoms with E-state index in [9.17, 15) is 4.79 Å². The number of para-hydroxylation sites is 1. The first-order valence-electron chi connectivity index (χ1n) is 8.35. The number of hydrogen-bond acceptors (Lipinski definition) is 5. The highest BCUT2D eigenvalue weighted by molar-refractivity contribution is 7.17. The Bertz CT molecular complexity index is 869. The Balaban J connectivity index is 1.87. The van der Waals surface area contributed by atoms with Gasteiger partial charge in [-0.15, -0.1) is 16.4 Å². The molecule has 0 atom stereocenters. The Morgan fingerprint density at radius 2 is 2.00 bits per heavy atom. The van der Waals surface area contributed by atoms with Crippen molar-refractivity contribution in [2.45, 2.75) is 33.6 Å². The van der Waals surface area contributed by atoms with Gasteiger partial charge in [0.2, 0.25) is 0 Å². The number of nitrogens with zero attached hydrogens (tertiary/aromatic N) is 4. The summed E-state index contributed by atoms with van der Waals surface area (Å²) in [6.45, 7) is 6.60. The fraction of sp³-hybridized carbons (Fsp3) is 0.333. The molecule has 0 bridgehead atoms. The zero-order valence-corrected chi connectivity index (χ0v) is 15.4. The van der Waals surface area contributed by atoms with E-state index in [2.05, 4.69) is 27.5 Å². The van der Waals surface area contributed by atoms with Gasteiger partial charge >= 0.3 is 0 Å². The molecule has 0 aliphatic carbocycles. The number of carbonyl (C=O) groups excluding carboxylic acids is 1. The van der Waals surface area contributed by atoms with Crippen LogP contribution in [0.2, 0.25) is 0 Å². The first kappa shape index (κ1) is 17.3. The lowest BCUT2D eigenvalue weighted by atomic mass is 10.3. The molecule has 0 saturated carbocycles. The number of hydrogen-bond donors (Lipinski definition) is 1. The summed E-state index contributed by atoms with van der Waals surface area (Å²) in [7, 11) is 0. The van der Waals surface area contributed by atoms with Crippen LogP contribution in [0.15, 0.2) is 30.3 Å². The average molecular weight is 355 g/mol. The van der Waals surface area contributed by atoms with E-state index in [4.69, 9.17) is 0 Å². The molecular formula is C18H21N5OS. The normalized spacial score (nSPS) is 10.8. The van der Waals surface area contributed by atoms with Crippen molar-refractivity contribution in [3.8, 4) is 16.4 Å². The number of rotatable bonds is 6. The Hall–Kier alpha value is -2.54. The number of aryl methyl sites for hydroxylation is 1. The van der Waals surface area contributed by atoms with Gasteiger partial charge in [-0.1, -0.05) is 36.8 Å². The lowest BCUT2D eigenvalue weighted by Crippen LogP contribution is -2.24. The van der Waals surface area contributed by atoms with Crippen molar-refractivity contribution < 1.29 is 4.79 Å². The van der Waals surface area contributed by atoms with Crippen LogP contribution >= 0.6 is 11.3 Å². The molecule has 0 spiro atoms. The Labute approximate surface area is 150 Å². The fourth-order valence-electron chi connectivity index (χ4n) is 2.51. The molecule has 3 aromatic rings. The molecule has 0 saturated heterocycles. The van der Waals surface area contributed by atoms with Gasteiger partial charge in [0.1, 0.15) is 15.6 Å². The lowest BCUT2D eigenvalue weighted by Gasteiger charge is -2.02. The van der Waals surface area contributed by atoms with Gasteiger partial charge in [-0.2, -0.15) is 0 Å². The van der Waals surface area contributed by atoms with Gasteiger partial charge in [0.25, 0.3) is 5.91 Å². The highest BCUT2D eigenvalue weighted by Crippen LogP contribution is 2.29. The molecule has 1 aromatic carbocycles. The van der Waals surface area contributed by atoms with Gasteiger partial charge in [0.15, 0.2) is 0 Å². The molecule has 1 amide bonds. The van der Waals surface area contributed by atoms with E-state index in [0.29, 0.717) is 17.1 Å². The van der Waals surface area contributed by atoms with Gasteiger partial charge in [-0.3, -0.25) is 4.79 Å². The van der Waals surface area contributed by atoms with Crippen molar-refractivity contribution in [2.24, 2.45) is 0 Å². The molecule has 130 valence electrons. The predicted molar refractivity (Wildman–Crippen MR) is 99.2 cm³/mol. The molecule has 0 unspecified atom stereocenters. The Morgan fingerprint density at radius 1 is 1.24 bits per heavy atom. The van der Waals surface area contributed by atoms with Crippen LogP contribution in [-0.2, 0) is 0 Å². The van der Waals surface area contributed by atoms with Crippen LogP contribution in [-0.4, -0.2) is 32.4 Å². The molecule has 2 heterocycles. The third-order valence-corrected chi connectivity index (χ3v) is 5.08. The molecule has 1 N–H and O–H groups in total. The zero-order valence-electron chi connectivity index (χ0n) is 14.6. The van der Waals surface area contributed by atoms with Crippen LogP contribution < -0.4 is 5.32 Å². The standard InChI is InChI=1S/C18H21N5OS/c1-4-5-11-19-17(24)16-12(2)20-18(25-16)15-13(3)23(22-21-15)14-9-7-6-8-10-14/h6-10H,4-5,11H2,1-3H3,(H,19,24). The summed E-state index contributed by atoms with van der Waals surface area (Å²) in [5.74, 6) is -0.0668. The van der Waals surface area contributed by atoms with Crippen molar-refractivity contribution in [2.75, 3.05) is 6.54 Å². The van der Waals surface area contributed by atoms with Gasteiger partial charge in [0.05, 0.1) is 17.1 Å². The maximum Gasteiger partial charge on any atom is 0.263 e. The maximum atomic E-state index is 12.3. The molecule has 0 aliphatic heterocycles. The minimum Gasteiger partial charge on any atom is -0.351 e. The van der Waals surface area contributed by atoms with E-state index in [-0.39, 0.29) is 5.91 Å². The van der Waals surface area contributed by atoms with Gasteiger partial charge in [-0.05, 0) is 32.4 Å². The number of unbranched alkanes of at least 4 members (excludes halogenated alkanes) is 1. The summed E-state index contributed by atoms with van der Waals surface area (Å²) in [4.78, 5) is 17.5. The van der Waals surface area contributed by atoms with Crippen LogP contribution in [0.4, 0.5) is 0 Å². The molecule has 0 aliphatic rings. The number of nitrogens with one attached hydrogen (secondary N) is 1. The number of aromatic nitrogens is 4. The number of benzene rings is 1. The third kappa shape index (κ3) is 3.61. The monoisotopic (exact) mass is 355 g/mol. The predicted octanol–water partition coefficient (Wildman–Crippen LogP) is 3.54. The highest BCUT2D eigenvalue weighted by Gasteiger charge is 2.20. The minimum atomic E-state index is -0.0668. The lowest BCUT2D eigenvalue weighted by molar-refractivity contribution is 0.0956. The van der Waals surface area contributed by atoms with Crippen LogP contribution in [0.5, 0.6) is 0 Å². The SMILES string of the molecule is CCCCNC(=O)c1sc(-c2nnn(-c3ccccc3)c2C)nc1C. The second-order valence-electron chi connectivity index (χ2n) is 5.81. The van der Waals surface area contributed by atoms with Gasteiger partial charge in [0, 0.05) is 6.54 Å². The molecule has 7 heteroatoms. The molecular weight excluding hydrogens is 334 g/mol. The number of amides is 1. The largest absolute Gasteiger partial charge is 0.351 e. The van der Waals surface area contributed by atoms with E-state index < -0.39 is 0 Å². The summed E-state index contributed by atoms with van der Waals surface area (Å²) in [5, 5.41) is 12.2. The summed E-state index contributed by atoms with van der Waals surface area (Å²) >= 11 is 1.36. The summed E-state index contributed by atoms with van der Waals surface area (Å²) in [6, 6.07) is 9.84. The van der Waals surface area contributed by atoms with Crippen molar-refractivity contribution in [1.82, 2.24) is 25.3 Å². The van der Waals surface area contributed by atoms with Crippen LogP contribution in [0.25, 0.3) is 16.4 Å². The van der Waals surface area contributed by atoms with Crippen molar-refractivity contribution in [3.05, 3.63) is 46.6 Å². The third-order valence-electron chi connectivity index (χ3n) is 3.92. The molecule has 0 fully saturated rings. The van der Waals surface area contributed by atoms with Crippen LogP contribution in [0.3, 0.4) is 0 Å². The van der Waals surface area contributed by atoms with E-state index in [1.807, 2.05) is 44.2 Å². The topological polar surface area (TPSA) is 72.7 Å². The molecule has 0 radical (unpaired) electrons. The number of carbonyl (C=O) groups is 1. The van der Waals surface area contributed by atoms with Crippen molar-refractivity contribution in [3.63, 3.8) is 0 Å². The highest BCUT2D eigenvalue weighted by atomic mass is 32.1. The van der Waals surface area contributed by atoms with Crippen molar-refractivity contribution in [1.29, 1.82) is 0 Å². The second-order valence-corrected chi connectivity index (χ2v) is 6.81.